The van der Waals surface area contributed by atoms with Crippen LogP contribution in [0.3, 0.4) is 0 Å². The third kappa shape index (κ3) is 5.89. The smallest absolute Gasteiger partial charge is 0.175 e. The van der Waals surface area contributed by atoms with Crippen molar-refractivity contribution >= 4 is 34.9 Å². The molecule has 0 fully saturated rings. The van der Waals surface area contributed by atoms with Crippen LogP contribution in [0.15, 0.2) is 8.68 Å². The average molecular weight is 336 g/mol. The largest absolute Gasteiger partial charge is 0.394 e. The van der Waals surface area contributed by atoms with E-state index < -0.39 is 0 Å². The van der Waals surface area contributed by atoms with E-state index in [1.165, 1.54) is 0 Å². The number of aromatic nitrogens is 2. The van der Waals surface area contributed by atoms with E-state index in [1.54, 1.807) is 34.9 Å². The topological polar surface area (TPSA) is 58.0 Å². The van der Waals surface area contributed by atoms with E-state index in [9.17, 15) is 5.11 Å². The van der Waals surface area contributed by atoms with Crippen molar-refractivity contribution in [3.63, 3.8) is 0 Å². The van der Waals surface area contributed by atoms with E-state index in [0.717, 1.165) is 33.7 Å². The fraction of sp³-hybridized carbons (Fsp3) is 0.846. The van der Waals surface area contributed by atoms with Crippen LogP contribution in [-0.2, 0) is 0 Å². The molecule has 1 atom stereocenters. The fourth-order valence-corrected chi connectivity index (χ4v) is 4.56. The van der Waals surface area contributed by atoms with E-state index in [4.69, 9.17) is 0 Å². The van der Waals surface area contributed by atoms with Gasteiger partial charge in [-0.3, -0.25) is 0 Å². The molecule has 0 aromatic carbocycles. The van der Waals surface area contributed by atoms with Gasteiger partial charge in [0.15, 0.2) is 8.68 Å². The van der Waals surface area contributed by atoms with Crippen molar-refractivity contribution in [2.45, 2.75) is 60.3 Å². The molecule has 1 aromatic heterocycles. The first-order chi connectivity index (χ1) is 9.55. The van der Waals surface area contributed by atoms with Gasteiger partial charge < -0.3 is 10.4 Å². The Balaban J connectivity index is 2.36. The van der Waals surface area contributed by atoms with Crippen molar-refractivity contribution in [3.8, 4) is 0 Å². The zero-order valence-corrected chi connectivity index (χ0v) is 15.1. The SMILES string of the molecule is CCC(CO)(CCCSc1nnc(SC)s1)NC(C)C. The van der Waals surface area contributed by atoms with E-state index in [-0.39, 0.29) is 12.1 Å². The molecule has 0 spiro atoms. The standard InChI is InChI=1S/C13H25N3OS3/c1-5-13(9-17,14-10(2)3)7-6-8-19-12-16-15-11(18-4)20-12/h10,14,17H,5-9H2,1-4H3. The Bertz CT molecular complexity index is 381. The van der Waals surface area contributed by atoms with Gasteiger partial charge in [-0.1, -0.05) is 55.6 Å². The van der Waals surface area contributed by atoms with Crippen LogP contribution in [0.1, 0.15) is 40.0 Å². The maximum absolute atomic E-state index is 9.68. The van der Waals surface area contributed by atoms with Crippen LogP contribution in [0.2, 0.25) is 0 Å². The molecule has 2 N–H and O–H groups in total. The Morgan fingerprint density at radius 3 is 2.55 bits per heavy atom. The van der Waals surface area contributed by atoms with Gasteiger partial charge in [-0.25, -0.2) is 0 Å². The maximum Gasteiger partial charge on any atom is 0.175 e. The monoisotopic (exact) mass is 335 g/mol. The van der Waals surface area contributed by atoms with Crippen LogP contribution < -0.4 is 5.32 Å². The third-order valence-corrected chi connectivity index (χ3v) is 6.28. The summed E-state index contributed by atoms with van der Waals surface area (Å²) in [6, 6.07) is 0.391. The highest BCUT2D eigenvalue weighted by atomic mass is 32.2. The van der Waals surface area contributed by atoms with Crippen LogP contribution >= 0.6 is 34.9 Å². The number of nitrogens with one attached hydrogen (secondary N) is 1. The number of nitrogens with zero attached hydrogens (tertiary/aromatic N) is 2. The van der Waals surface area contributed by atoms with Gasteiger partial charge in [-0.05, 0) is 25.5 Å². The molecule has 4 nitrogen and oxygen atoms in total. The molecule has 1 rings (SSSR count). The van der Waals surface area contributed by atoms with Crippen LogP contribution in [0, 0.1) is 0 Å². The van der Waals surface area contributed by atoms with Gasteiger partial charge in [0.25, 0.3) is 0 Å². The van der Waals surface area contributed by atoms with Crippen molar-refractivity contribution in [2.24, 2.45) is 0 Å². The highest BCUT2D eigenvalue weighted by molar-refractivity contribution is 8.02. The van der Waals surface area contributed by atoms with Gasteiger partial charge in [0.1, 0.15) is 0 Å². The van der Waals surface area contributed by atoms with Crippen molar-refractivity contribution < 1.29 is 5.11 Å². The summed E-state index contributed by atoms with van der Waals surface area (Å²) in [4.78, 5) is 0. The van der Waals surface area contributed by atoms with Crippen LogP contribution in [0.25, 0.3) is 0 Å². The van der Waals surface area contributed by atoms with Crippen molar-refractivity contribution in [3.05, 3.63) is 0 Å². The number of aliphatic hydroxyl groups excluding tert-OH is 1. The van der Waals surface area contributed by atoms with Crippen molar-refractivity contribution in [1.82, 2.24) is 15.5 Å². The molecule has 0 saturated carbocycles. The summed E-state index contributed by atoms with van der Waals surface area (Å²) < 4.78 is 2.06. The second-order valence-electron chi connectivity index (χ2n) is 5.08. The highest BCUT2D eigenvalue weighted by Crippen LogP contribution is 2.29. The minimum absolute atomic E-state index is 0.139. The van der Waals surface area contributed by atoms with Crippen LogP contribution in [-0.4, -0.2) is 45.5 Å². The van der Waals surface area contributed by atoms with Gasteiger partial charge in [0.05, 0.1) is 6.61 Å². The first-order valence-corrected chi connectivity index (χ1v) is 9.96. The summed E-state index contributed by atoms with van der Waals surface area (Å²) >= 11 is 5.05. The number of thioether (sulfide) groups is 2. The molecule has 0 aliphatic rings. The van der Waals surface area contributed by atoms with Crippen LogP contribution in [0.4, 0.5) is 0 Å². The quantitative estimate of drug-likeness (QED) is 0.505. The molecule has 1 aromatic rings. The minimum Gasteiger partial charge on any atom is -0.394 e. The summed E-state index contributed by atoms with van der Waals surface area (Å²) in [5.41, 5.74) is -0.139. The molecule has 20 heavy (non-hydrogen) atoms. The van der Waals surface area contributed by atoms with E-state index >= 15 is 0 Å². The van der Waals surface area contributed by atoms with Crippen molar-refractivity contribution in [2.75, 3.05) is 18.6 Å². The lowest BCUT2D eigenvalue weighted by molar-refractivity contribution is 0.137. The molecule has 1 heterocycles. The Morgan fingerprint density at radius 1 is 1.35 bits per heavy atom. The van der Waals surface area contributed by atoms with Gasteiger partial charge in [-0.2, -0.15) is 0 Å². The summed E-state index contributed by atoms with van der Waals surface area (Å²) in [7, 11) is 0. The lowest BCUT2D eigenvalue weighted by atomic mass is 9.91. The second kappa shape index (κ2) is 9.25. The number of rotatable bonds is 10. The molecule has 0 amide bonds. The molecule has 0 aliphatic heterocycles. The molecule has 1 unspecified atom stereocenters. The Morgan fingerprint density at radius 2 is 2.05 bits per heavy atom. The molecular formula is C13H25N3OS3. The van der Waals surface area contributed by atoms with E-state index in [0.29, 0.717) is 6.04 Å². The molecule has 7 heteroatoms. The Hall–Kier alpha value is 0.180. The summed E-state index contributed by atoms with van der Waals surface area (Å²) in [6.45, 7) is 6.58. The Labute approximate surface area is 134 Å². The normalized spacial score (nSPS) is 14.7. The molecule has 0 aliphatic carbocycles. The lowest BCUT2D eigenvalue weighted by Crippen LogP contribution is -2.51. The minimum atomic E-state index is -0.139. The Kier molecular flexibility index (Phi) is 8.43. The molecular weight excluding hydrogens is 310 g/mol. The summed E-state index contributed by atoms with van der Waals surface area (Å²) in [5.74, 6) is 1.02. The van der Waals surface area contributed by atoms with E-state index in [2.05, 4.69) is 36.3 Å². The number of hydrogen-bond acceptors (Lipinski definition) is 7. The zero-order valence-electron chi connectivity index (χ0n) is 12.7. The maximum atomic E-state index is 9.68. The first kappa shape index (κ1) is 18.2. The molecule has 0 radical (unpaired) electrons. The first-order valence-electron chi connectivity index (χ1n) is 6.94. The van der Waals surface area contributed by atoms with Gasteiger partial charge in [0, 0.05) is 17.3 Å². The third-order valence-electron chi connectivity index (χ3n) is 3.16. The number of aliphatic hydroxyl groups is 1. The van der Waals surface area contributed by atoms with Gasteiger partial charge >= 0.3 is 0 Å². The average Bonchev–Trinajstić information content (AvgIpc) is 2.90. The lowest BCUT2D eigenvalue weighted by Gasteiger charge is -2.34. The highest BCUT2D eigenvalue weighted by Gasteiger charge is 2.27. The predicted octanol–water partition coefficient (Wildman–Crippen LogP) is 3.27. The van der Waals surface area contributed by atoms with Crippen molar-refractivity contribution in [1.29, 1.82) is 0 Å². The van der Waals surface area contributed by atoms with Gasteiger partial charge in [0.2, 0.25) is 0 Å². The molecule has 0 bridgehead atoms. The summed E-state index contributed by atoms with van der Waals surface area (Å²) in [5, 5.41) is 21.4. The number of hydrogen-bond donors (Lipinski definition) is 2. The zero-order chi connectivity index (χ0) is 15.0. The van der Waals surface area contributed by atoms with Crippen LogP contribution in [0.5, 0.6) is 0 Å². The van der Waals surface area contributed by atoms with Gasteiger partial charge in [-0.15, -0.1) is 10.2 Å². The van der Waals surface area contributed by atoms with E-state index in [1.807, 2.05) is 6.26 Å². The molecule has 116 valence electrons. The fourth-order valence-electron chi connectivity index (χ4n) is 2.11. The second-order valence-corrected chi connectivity index (χ2v) is 8.45. The molecule has 0 saturated heterocycles. The predicted molar refractivity (Wildman–Crippen MR) is 90.0 cm³/mol. The summed E-state index contributed by atoms with van der Waals surface area (Å²) in [6.07, 6.45) is 5.01.